The zero-order valence-corrected chi connectivity index (χ0v) is 16.7. The number of nitrogens with zero attached hydrogens (tertiary/aromatic N) is 2. The Bertz CT molecular complexity index is 1070. The van der Waals surface area contributed by atoms with E-state index in [2.05, 4.69) is 10.3 Å². The number of hydrogen-bond donors (Lipinski definition) is 2. The van der Waals surface area contributed by atoms with Crippen molar-refractivity contribution in [3.63, 3.8) is 0 Å². The molecular weight excluding hydrogens is 410 g/mol. The fraction of sp³-hybridized carbons (Fsp3) is 0.0476. The van der Waals surface area contributed by atoms with Crippen LogP contribution >= 0.6 is 24.2 Å². The molecule has 0 bridgehead atoms. The number of aromatic carboxylic acids is 1. The van der Waals surface area contributed by atoms with Crippen molar-refractivity contribution >= 4 is 41.7 Å². The lowest BCUT2D eigenvalue weighted by molar-refractivity contribution is 0.0698. The van der Waals surface area contributed by atoms with Crippen LogP contribution in [0.3, 0.4) is 0 Å². The van der Waals surface area contributed by atoms with Gasteiger partial charge >= 0.3 is 5.97 Å². The van der Waals surface area contributed by atoms with Crippen LogP contribution in [0.5, 0.6) is 0 Å². The van der Waals surface area contributed by atoms with E-state index in [-0.39, 0.29) is 29.2 Å². The first-order valence-corrected chi connectivity index (χ1v) is 9.26. The van der Waals surface area contributed by atoms with Crippen molar-refractivity contribution in [2.24, 2.45) is 0 Å². The van der Waals surface area contributed by atoms with Gasteiger partial charge in [-0.2, -0.15) is 5.26 Å². The van der Waals surface area contributed by atoms with E-state index in [1.165, 1.54) is 18.2 Å². The molecule has 0 spiro atoms. The van der Waals surface area contributed by atoms with Crippen LogP contribution in [0.4, 0.5) is 5.69 Å². The Balaban J connectivity index is 0.00000300. The minimum atomic E-state index is -1.21. The predicted octanol–water partition coefficient (Wildman–Crippen LogP) is 4.62. The van der Waals surface area contributed by atoms with Crippen LogP contribution in [0.15, 0.2) is 71.9 Å². The van der Waals surface area contributed by atoms with Crippen LogP contribution in [-0.4, -0.2) is 22.0 Å². The number of carboxylic acids is 1. The number of aromatic nitrogens is 1. The molecule has 2 aromatic carbocycles. The molecule has 3 aromatic rings. The van der Waals surface area contributed by atoms with Crippen molar-refractivity contribution in [3.8, 4) is 6.07 Å². The van der Waals surface area contributed by atoms with Gasteiger partial charge in [0, 0.05) is 28.6 Å². The minimum Gasteiger partial charge on any atom is -0.478 e. The largest absolute Gasteiger partial charge is 0.478 e. The minimum absolute atomic E-state index is 0. The second-order valence-electron chi connectivity index (χ2n) is 5.80. The van der Waals surface area contributed by atoms with Gasteiger partial charge in [-0.1, -0.05) is 6.07 Å². The van der Waals surface area contributed by atoms with E-state index >= 15 is 0 Å². The van der Waals surface area contributed by atoms with Gasteiger partial charge in [-0.3, -0.25) is 9.78 Å². The number of halogens is 1. The Labute approximate surface area is 178 Å². The molecule has 1 heterocycles. The second-order valence-corrected chi connectivity index (χ2v) is 6.85. The zero-order chi connectivity index (χ0) is 19.9. The Morgan fingerprint density at radius 3 is 2.55 bits per heavy atom. The van der Waals surface area contributed by atoms with Crippen molar-refractivity contribution in [2.75, 3.05) is 5.32 Å². The Kier molecular flexibility index (Phi) is 7.78. The first-order valence-electron chi connectivity index (χ1n) is 8.27. The lowest BCUT2D eigenvalue weighted by Gasteiger charge is -2.10. The number of nitriles is 1. The van der Waals surface area contributed by atoms with E-state index < -0.39 is 11.9 Å². The normalized spacial score (nSPS) is 9.76. The highest BCUT2D eigenvalue weighted by Crippen LogP contribution is 2.24. The van der Waals surface area contributed by atoms with Gasteiger partial charge in [0.15, 0.2) is 0 Å². The summed E-state index contributed by atoms with van der Waals surface area (Å²) in [4.78, 5) is 28.9. The van der Waals surface area contributed by atoms with Crippen molar-refractivity contribution in [2.45, 2.75) is 10.6 Å². The molecule has 0 saturated carbocycles. The third-order valence-corrected chi connectivity index (χ3v) is 4.94. The van der Waals surface area contributed by atoms with Gasteiger partial charge in [-0.25, -0.2) is 4.79 Å². The topological polar surface area (TPSA) is 103 Å². The van der Waals surface area contributed by atoms with Gasteiger partial charge in [0.25, 0.3) is 5.91 Å². The van der Waals surface area contributed by atoms with Gasteiger partial charge in [0.05, 0.1) is 22.9 Å². The summed E-state index contributed by atoms with van der Waals surface area (Å²) in [5, 5.41) is 20.9. The average Bonchev–Trinajstić information content (AvgIpc) is 2.73. The first-order chi connectivity index (χ1) is 13.6. The van der Waals surface area contributed by atoms with Crippen LogP contribution in [0.2, 0.25) is 0 Å². The molecular formula is C21H16ClN3O3S. The third kappa shape index (κ3) is 5.82. The van der Waals surface area contributed by atoms with E-state index in [1.54, 1.807) is 42.4 Å². The molecule has 29 heavy (non-hydrogen) atoms. The SMILES string of the molecule is Cl.N#Cc1ccc(NC(=O)c2cccc(SCc3ccncc3)c2)c(C(=O)O)c1. The Morgan fingerprint density at radius 2 is 1.86 bits per heavy atom. The van der Waals surface area contributed by atoms with Crippen LogP contribution in [0, 0.1) is 11.3 Å². The Hall–Kier alpha value is -3.34. The number of nitrogens with one attached hydrogen (secondary N) is 1. The van der Waals surface area contributed by atoms with Crippen LogP contribution < -0.4 is 5.32 Å². The van der Waals surface area contributed by atoms with Crippen molar-refractivity contribution in [1.29, 1.82) is 5.26 Å². The fourth-order valence-electron chi connectivity index (χ4n) is 2.47. The smallest absolute Gasteiger partial charge is 0.337 e. The highest BCUT2D eigenvalue weighted by molar-refractivity contribution is 7.98. The number of pyridine rings is 1. The van der Waals surface area contributed by atoms with E-state index in [4.69, 9.17) is 5.26 Å². The van der Waals surface area contributed by atoms with Gasteiger partial charge in [0.2, 0.25) is 0 Å². The molecule has 0 unspecified atom stereocenters. The van der Waals surface area contributed by atoms with E-state index in [1.807, 2.05) is 24.3 Å². The number of thioether (sulfide) groups is 1. The zero-order valence-electron chi connectivity index (χ0n) is 15.0. The van der Waals surface area contributed by atoms with Crippen molar-refractivity contribution in [3.05, 3.63) is 89.2 Å². The van der Waals surface area contributed by atoms with Crippen LogP contribution in [0.1, 0.15) is 31.8 Å². The molecule has 0 atom stereocenters. The number of rotatable bonds is 6. The van der Waals surface area contributed by atoms with Crippen molar-refractivity contribution < 1.29 is 14.7 Å². The second kappa shape index (κ2) is 10.3. The molecule has 3 rings (SSSR count). The molecule has 0 aliphatic carbocycles. The van der Waals surface area contributed by atoms with Crippen LogP contribution in [-0.2, 0) is 5.75 Å². The first kappa shape index (κ1) is 22.0. The van der Waals surface area contributed by atoms with E-state index in [0.717, 1.165) is 16.2 Å². The molecule has 0 fully saturated rings. The number of carbonyl (C=O) groups excluding carboxylic acids is 1. The lowest BCUT2D eigenvalue weighted by atomic mass is 10.1. The average molecular weight is 426 g/mol. The number of anilines is 1. The molecule has 1 aromatic heterocycles. The molecule has 0 radical (unpaired) electrons. The van der Waals surface area contributed by atoms with Gasteiger partial charge in [-0.05, 0) is 54.1 Å². The summed E-state index contributed by atoms with van der Waals surface area (Å²) >= 11 is 1.59. The molecule has 2 N–H and O–H groups in total. The number of carboxylic acid groups (broad SMARTS) is 1. The number of hydrogen-bond acceptors (Lipinski definition) is 5. The maximum Gasteiger partial charge on any atom is 0.337 e. The number of carbonyl (C=O) groups is 2. The quantitative estimate of drug-likeness (QED) is 0.558. The van der Waals surface area contributed by atoms with Gasteiger partial charge < -0.3 is 10.4 Å². The third-order valence-electron chi connectivity index (χ3n) is 3.88. The Morgan fingerprint density at radius 1 is 1.10 bits per heavy atom. The molecule has 0 saturated heterocycles. The standard InChI is InChI=1S/C21H15N3O3S.ClH/c22-12-15-4-5-19(18(10-15)21(26)27)24-20(25)16-2-1-3-17(11-16)28-13-14-6-8-23-9-7-14;/h1-11H,13H2,(H,24,25)(H,26,27);1H. The highest BCUT2D eigenvalue weighted by atomic mass is 35.5. The lowest BCUT2D eigenvalue weighted by Crippen LogP contribution is -2.15. The van der Waals surface area contributed by atoms with Gasteiger partial charge in [-0.15, -0.1) is 24.2 Å². The summed E-state index contributed by atoms with van der Waals surface area (Å²) in [6.45, 7) is 0. The maximum absolute atomic E-state index is 12.6. The summed E-state index contributed by atoms with van der Waals surface area (Å²) in [6, 6.07) is 17.0. The maximum atomic E-state index is 12.6. The predicted molar refractivity (Wildman–Crippen MR) is 114 cm³/mol. The molecule has 0 aliphatic heterocycles. The summed E-state index contributed by atoms with van der Waals surface area (Å²) in [5.74, 6) is -0.889. The van der Waals surface area contributed by atoms with Gasteiger partial charge in [0.1, 0.15) is 0 Å². The number of benzene rings is 2. The summed E-state index contributed by atoms with van der Waals surface area (Å²) in [5.41, 5.74) is 1.77. The molecule has 6 nitrogen and oxygen atoms in total. The molecule has 146 valence electrons. The summed E-state index contributed by atoms with van der Waals surface area (Å²) in [7, 11) is 0. The monoisotopic (exact) mass is 425 g/mol. The van der Waals surface area contributed by atoms with E-state index in [0.29, 0.717) is 5.56 Å². The highest BCUT2D eigenvalue weighted by Gasteiger charge is 2.15. The van der Waals surface area contributed by atoms with Crippen LogP contribution in [0.25, 0.3) is 0 Å². The molecule has 0 aliphatic rings. The molecule has 8 heteroatoms. The summed E-state index contributed by atoms with van der Waals surface area (Å²) in [6.07, 6.45) is 3.47. The molecule has 1 amide bonds. The van der Waals surface area contributed by atoms with Crippen molar-refractivity contribution in [1.82, 2.24) is 4.98 Å². The van der Waals surface area contributed by atoms with E-state index in [9.17, 15) is 14.7 Å². The fourth-order valence-corrected chi connectivity index (χ4v) is 3.38. The summed E-state index contributed by atoms with van der Waals surface area (Å²) < 4.78 is 0. The number of amides is 1.